The standard InChI is InChI=1S/C14H26N4O3S/c1-5-22(19,20)18-8-6-12(7-9-18)15-10-13-11(2)16-17(3)14(13)21-4/h12,15H,5-10H2,1-4H3. The largest absolute Gasteiger partial charge is 0.481 e. The highest BCUT2D eigenvalue weighted by Gasteiger charge is 2.26. The monoisotopic (exact) mass is 330 g/mol. The van der Waals surface area contributed by atoms with Crippen LogP contribution in [0.25, 0.3) is 0 Å². The number of piperidine rings is 1. The SMILES string of the molecule is CCS(=O)(=O)N1CCC(NCc2c(C)nn(C)c2OC)CC1. The Balaban J connectivity index is 1.90. The van der Waals surface area contributed by atoms with Gasteiger partial charge in [0, 0.05) is 32.7 Å². The van der Waals surface area contributed by atoms with E-state index in [9.17, 15) is 8.42 Å². The first kappa shape index (κ1) is 17.2. The molecular formula is C14H26N4O3S. The summed E-state index contributed by atoms with van der Waals surface area (Å²) in [5, 5.41) is 7.87. The van der Waals surface area contributed by atoms with Crippen LogP contribution in [0.5, 0.6) is 5.88 Å². The van der Waals surface area contributed by atoms with Gasteiger partial charge in [-0.2, -0.15) is 5.10 Å². The van der Waals surface area contributed by atoms with E-state index in [4.69, 9.17) is 4.74 Å². The molecule has 22 heavy (non-hydrogen) atoms. The number of ether oxygens (including phenoxy) is 1. The fourth-order valence-electron chi connectivity index (χ4n) is 2.91. The minimum atomic E-state index is -3.05. The zero-order valence-corrected chi connectivity index (χ0v) is 14.6. The minimum absolute atomic E-state index is 0.178. The molecular weight excluding hydrogens is 304 g/mol. The fraction of sp³-hybridized carbons (Fsp3) is 0.786. The Morgan fingerprint density at radius 2 is 2.00 bits per heavy atom. The molecule has 1 aromatic heterocycles. The van der Waals surface area contributed by atoms with E-state index < -0.39 is 10.0 Å². The van der Waals surface area contributed by atoms with Gasteiger partial charge in [0.1, 0.15) is 0 Å². The Bertz CT molecular complexity index is 604. The van der Waals surface area contributed by atoms with Crippen LogP contribution in [0.1, 0.15) is 31.0 Å². The average molecular weight is 330 g/mol. The normalized spacial score (nSPS) is 17.8. The second-order valence-electron chi connectivity index (χ2n) is 5.65. The van der Waals surface area contributed by atoms with Crippen molar-refractivity contribution in [2.45, 2.75) is 39.3 Å². The van der Waals surface area contributed by atoms with Gasteiger partial charge >= 0.3 is 0 Å². The molecule has 1 saturated heterocycles. The van der Waals surface area contributed by atoms with Crippen molar-refractivity contribution < 1.29 is 13.2 Å². The number of aryl methyl sites for hydroxylation is 2. The van der Waals surface area contributed by atoms with Crippen LogP contribution in [-0.2, 0) is 23.6 Å². The summed E-state index contributed by atoms with van der Waals surface area (Å²) in [7, 11) is 0.458. The molecule has 0 aromatic carbocycles. The maximum absolute atomic E-state index is 11.8. The number of nitrogens with zero attached hydrogens (tertiary/aromatic N) is 3. The molecule has 0 aliphatic carbocycles. The van der Waals surface area contributed by atoms with Crippen LogP contribution in [0.2, 0.25) is 0 Å². The van der Waals surface area contributed by atoms with Crippen LogP contribution >= 0.6 is 0 Å². The lowest BCUT2D eigenvalue weighted by Gasteiger charge is -2.31. The quantitative estimate of drug-likeness (QED) is 0.828. The molecule has 2 rings (SSSR count). The van der Waals surface area contributed by atoms with E-state index in [1.54, 1.807) is 23.0 Å². The third-order valence-electron chi connectivity index (χ3n) is 4.26. The Morgan fingerprint density at radius 3 is 2.55 bits per heavy atom. The first-order valence-electron chi connectivity index (χ1n) is 7.66. The van der Waals surface area contributed by atoms with Crippen molar-refractivity contribution in [2.24, 2.45) is 7.05 Å². The molecule has 1 aliphatic heterocycles. The van der Waals surface area contributed by atoms with Gasteiger partial charge in [-0.1, -0.05) is 0 Å². The molecule has 1 aromatic rings. The Morgan fingerprint density at radius 1 is 1.36 bits per heavy atom. The van der Waals surface area contributed by atoms with E-state index in [0.717, 1.165) is 30.0 Å². The van der Waals surface area contributed by atoms with Gasteiger partial charge in [0.25, 0.3) is 0 Å². The van der Waals surface area contributed by atoms with Crippen LogP contribution in [-0.4, -0.2) is 54.5 Å². The van der Waals surface area contributed by atoms with E-state index in [-0.39, 0.29) is 5.75 Å². The number of sulfonamides is 1. The lowest BCUT2D eigenvalue weighted by atomic mass is 10.1. The molecule has 0 bridgehead atoms. The maximum Gasteiger partial charge on any atom is 0.216 e. The van der Waals surface area contributed by atoms with Gasteiger partial charge in [-0.3, -0.25) is 0 Å². The summed E-state index contributed by atoms with van der Waals surface area (Å²) in [6, 6.07) is 0.326. The number of aromatic nitrogens is 2. The molecule has 1 N–H and O–H groups in total. The third-order valence-corrected chi connectivity index (χ3v) is 6.14. The summed E-state index contributed by atoms with van der Waals surface area (Å²) in [4.78, 5) is 0. The van der Waals surface area contributed by atoms with E-state index in [2.05, 4.69) is 10.4 Å². The highest BCUT2D eigenvalue weighted by molar-refractivity contribution is 7.89. The molecule has 0 spiro atoms. The van der Waals surface area contributed by atoms with Crippen LogP contribution < -0.4 is 10.1 Å². The predicted octanol–water partition coefficient (Wildman–Crippen LogP) is 0.641. The first-order chi connectivity index (χ1) is 10.4. The van der Waals surface area contributed by atoms with Crippen molar-refractivity contribution in [1.82, 2.24) is 19.4 Å². The molecule has 8 heteroatoms. The summed E-state index contributed by atoms with van der Waals surface area (Å²) in [5.74, 6) is 0.952. The maximum atomic E-state index is 11.8. The molecule has 1 fully saturated rings. The van der Waals surface area contributed by atoms with Crippen molar-refractivity contribution >= 4 is 10.0 Å². The number of methoxy groups -OCH3 is 1. The van der Waals surface area contributed by atoms with Crippen LogP contribution in [0.3, 0.4) is 0 Å². The molecule has 126 valence electrons. The number of nitrogens with one attached hydrogen (secondary N) is 1. The molecule has 0 atom stereocenters. The smallest absolute Gasteiger partial charge is 0.216 e. The molecule has 0 radical (unpaired) electrons. The van der Waals surface area contributed by atoms with E-state index in [1.807, 2.05) is 14.0 Å². The molecule has 1 aliphatic rings. The van der Waals surface area contributed by atoms with Crippen molar-refractivity contribution in [1.29, 1.82) is 0 Å². The third kappa shape index (κ3) is 3.61. The first-order valence-corrected chi connectivity index (χ1v) is 9.27. The van der Waals surface area contributed by atoms with Crippen molar-refractivity contribution in [3.63, 3.8) is 0 Å². The molecule has 7 nitrogen and oxygen atoms in total. The van der Waals surface area contributed by atoms with Gasteiger partial charge in [-0.05, 0) is 26.7 Å². The van der Waals surface area contributed by atoms with Gasteiger partial charge < -0.3 is 10.1 Å². The number of hydrogen-bond donors (Lipinski definition) is 1. The molecule has 0 amide bonds. The summed E-state index contributed by atoms with van der Waals surface area (Å²) in [6.07, 6.45) is 1.67. The topological polar surface area (TPSA) is 76.5 Å². The Hall–Kier alpha value is -1.12. The molecule has 0 saturated carbocycles. The second kappa shape index (κ2) is 6.97. The van der Waals surface area contributed by atoms with Crippen molar-refractivity contribution in [3.8, 4) is 5.88 Å². The van der Waals surface area contributed by atoms with Gasteiger partial charge in [-0.15, -0.1) is 0 Å². The zero-order chi connectivity index (χ0) is 16.3. The fourth-order valence-corrected chi connectivity index (χ4v) is 4.04. The van der Waals surface area contributed by atoms with Crippen LogP contribution in [0, 0.1) is 6.92 Å². The summed E-state index contributed by atoms with van der Waals surface area (Å²) < 4.78 is 32.4. The van der Waals surface area contributed by atoms with Crippen LogP contribution in [0.15, 0.2) is 0 Å². The highest BCUT2D eigenvalue weighted by Crippen LogP contribution is 2.22. The van der Waals surface area contributed by atoms with E-state index in [0.29, 0.717) is 25.7 Å². The summed E-state index contributed by atoms with van der Waals surface area (Å²) >= 11 is 0. The minimum Gasteiger partial charge on any atom is -0.481 e. The van der Waals surface area contributed by atoms with E-state index >= 15 is 0 Å². The zero-order valence-electron chi connectivity index (χ0n) is 13.8. The lowest BCUT2D eigenvalue weighted by molar-refractivity contribution is 0.287. The number of hydrogen-bond acceptors (Lipinski definition) is 5. The van der Waals surface area contributed by atoms with Gasteiger partial charge in [0.15, 0.2) is 0 Å². The Kier molecular flexibility index (Phi) is 5.46. The summed E-state index contributed by atoms with van der Waals surface area (Å²) in [5.41, 5.74) is 2.02. The molecule has 2 heterocycles. The lowest BCUT2D eigenvalue weighted by Crippen LogP contribution is -2.45. The van der Waals surface area contributed by atoms with Gasteiger partial charge in [-0.25, -0.2) is 17.4 Å². The number of rotatable bonds is 6. The molecule has 0 unspecified atom stereocenters. The Labute approximate surface area is 132 Å². The van der Waals surface area contributed by atoms with Gasteiger partial charge in [0.05, 0.1) is 24.1 Å². The van der Waals surface area contributed by atoms with Crippen molar-refractivity contribution in [3.05, 3.63) is 11.3 Å². The summed E-state index contributed by atoms with van der Waals surface area (Å²) in [6.45, 7) is 5.54. The van der Waals surface area contributed by atoms with Gasteiger partial charge in [0.2, 0.25) is 15.9 Å². The average Bonchev–Trinajstić information content (AvgIpc) is 2.78. The van der Waals surface area contributed by atoms with E-state index in [1.165, 1.54) is 0 Å². The highest BCUT2D eigenvalue weighted by atomic mass is 32.2. The van der Waals surface area contributed by atoms with Crippen molar-refractivity contribution in [2.75, 3.05) is 26.0 Å². The van der Waals surface area contributed by atoms with Crippen LogP contribution in [0.4, 0.5) is 0 Å². The predicted molar refractivity (Wildman–Crippen MR) is 85.4 cm³/mol. The second-order valence-corrected chi connectivity index (χ2v) is 7.91.